The molecule has 1 aromatic rings. The highest BCUT2D eigenvalue weighted by Gasteiger charge is 2.11. The first-order valence-corrected chi connectivity index (χ1v) is 5.94. The summed E-state index contributed by atoms with van der Waals surface area (Å²) in [5.41, 5.74) is 1.23. The molecule has 0 N–H and O–H groups in total. The first-order chi connectivity index (χ1) is 8.08. The summed E-state index contributed by atoms with van der Waals surface area (Å²) in [5, 5.41) is 9.02. The fourth-order valence-corrected chi connectivity index (χ4v) is 1.78. The van der Waals surface area contributed by atoms with Crippen LogP contribution in [-0.4, -0.2) is 26.2 Å². The summed E-state index contributed by atoms with van der Waals surface area (Å²) in [4.78, 5) is 13.0. The van der Waals surface area contributed by atoms with Crippen molar-refractivity contribution in [2.45, 2.75) is 6.92 Å². The average molecular weight is 297 g/mol. The second-order valence-electron chi connectivity index (χ2n) is 3.43. The molecule has 0 amide bonds. The Hall–Kier alpha value is -1.54. The third-order valence-electron chi connectivity index (χ3n) is 2.16. The Morgan fingerprint density at radius 3 is 2.88 bits per heavy atom. The molecule has 0 saturated carbocycles. The monoisotopic (exact) mass is 296 g/mol. The summed E-state index contributed by atoms with van der Waals surface area (Å²) >= 11 is 3.30. The molecule has 0 aliphatic rings. The van der Waals surface area contributed by atoms with Gasteiger partial charge in [0.05, 0.1) is 17.9 Å². The van der Waals surface area contributed by atoms with Gasteiger partial charge < -0.3 is 9.64 Å². The number of anilines is 1. The molecule has 0 unspecified atom stereocenters. The molecule has 1 aromatic carbocycles. The van der Waals surface area contributed by atoms with E-state index in [2.05, 4.69) is 22.0 Å². The second kappa shape index (κ2) is 6.26. The van der Waals surface area contributed by atoms with E-state index in [1.54, 1.807) is 31.0 Å². The van der Waals surface area contributed by atoms with Crippen LogP contribution in [0.4, 0.5) is 5.69 Å². The molecule has 0 aliphatic carbocycles. The third-order valence-corrected chi connectivity index (χ3v) is 2.66. The number of hydrogen-bond donors (Lipinski definition) is 0. The van der Waals surface area contributed by atoms with E-state index in [4.69, 9.17) is 10.00 Å². The Balaban J connectivity index is 2.86. The number of halogens is 1. The Labute approximate surface area is 109 Å². The van der Waals surface area contributed by atoms with Crippen LogP contribution >= 0.6 is 15.9 Å². The standard InChI is InChI=1S/C12H13BrN2O2/c1-3-17-12(16)8-15(2)11-5-4-10(13)6-9(11)7-14/h4-6H,3,8H2,1-2H3. The lowest BCUT2D eigenvalue weighted by atomic mass is 10.2. The zero-order valence-corrected chi connectivity index (χ0v) is 11.3. The van der Waals surface area contributed by atoms with Crippen LogP contribution in [0.25, 0.3) is 0 Å². The predicted octanol–water partition coefficient (Wildman–Crippen LogP) is 2.32. The van der Waals surface area contributed by atoms with Gasteiger partial charge in [-0.15, -0.1) is 0 Å². The van der Waals surface area contributed by atoms with Crippen molar-refractivity contribution in [1.29, 1.82) is 5.26 Å². The number of nitriles is 1. The predicted molar refractivity (Wildman–Crippen MR) is 68.8 cm³/mol. The number of likely N-dealkylation sites (N-methyl/N-ethyl adjacent to an activating group) is 1. The minimum atomic E-state index is -0.304. The SMILES string of the molecule is CCOC(=O)CN(C)c1ccc(Br)cc1C#N. The van der Waals surface area contributed by atoms with Crippen LogP contribution in [0.5, 0.6) is 0 Å². The van der Waals surface area contributed by atoms with Crippen LogP contribution in [-0.2, 0) is 9.53 Å². The maximum Gasteiger partial charge on any atom is 0.325 e. The highest BCUT2D eigenvalue weighted by atomic mass is 79.9. The maximum atomic E-state index is 11.3. The Morgan fingerprint density at radius 2 is 2.29 bits per heavy atom. The van der Waals surface area contributed by atoms with Gasteiger partial charge in [-0.25, -0.2) is 0 Å². The largest absolute Gasteiger partial charge is 0.465 e. The summed E-state index contributed by atoms with van der Waals surface area (Å²) in [7, 11) is 1.75. The van der Waals surface area contributed by atoms with Crippen LogP contribution < -0.4 is 4.90 Å². The van der Waals surface area contributed by atoms with Gasteiger partial charge in [0.25, 0.3) is 0 Å². The van der Waals surface area contributed by atoms with Gasteiger partial charge in [0, 0.05) is 11.5 Å². The summed E-state index contributed by atoms with van der Waals surface area (Å²) in [6.45, 7) is 2.25. The number of carbonyl (C=O) groups excluding carboxylic acids is 1. The van der Waals surface area contributed by atoms with Gasteiger partial charge in [-0.3, -0.25) is 4.79 Å². The van der Waals surface area contributed by atoms with Gasteiger partial charge in [-0.1, -0.05) is 15.9 Å². The third kappa shape index (κ3) is 3.75. The van der Waals surface area contributed by atoms with E-state index in [-0.39, 0.29) is 12.5 Å². The number of carbonyl (C=O) groups is 1. The number of ether oxygens (including phenoxy) is 1. The first-order valence-electron chi connectivity index (χ1n) is 5.15. The topological polar surface area (TPSA) is 53.3 Å². The summed E-state index contributed by atoms with van der Waals surface area (Å²) in [6.07, 6.45) is 0. The minimum Gasteiger partial charge on any atom is -0.465 e. The average Bonchev–Trinajstić information content (AvgIpc) is 2.28. The van der Waals surface area contributed by atoms with Crippen molar-refractivity contribution in [2.75, 3.05) is 25.1 Å². The molecule has 0 saturated heterocycles. The molecule has 0 bridgehead atoms. The van der Waals surface area contributed by atoms with Crippen molar-refractivity contribution in [3.05, 3.63) is 28.2 Å². The van der Waals surface area contributed by atoms with E-state index in [0.717, 1.165) is 4.47 Å². The van der Waals surface area contributed by atoms with Gasteiger partial charge in [0.1, 0.15) is 12.6 Å². The highest BCUT2D eigenvalue weighted by molar-refractivity contribution is 9.10. The summed E-state index contributed by atoms with van der Waals surface area (Å²) in [5.74, 6) is -0.304. The van der Waals surface area contributed by atoms with Crippen LogP contribution in [0, 0.1) is 11.3 Å². The van der Waals surface area contributed by atoms with Crippen molar-refractivity contribution in [1.82, 2.24) is 0 Å². The maximum absolute atomic E-state index is 11.3. The number of hydrogen-bond acceptors (Lipinski definition) is 4. The molecule has 0 heterocycles. The quantitative estimate of drug-likeness (QED) is 0.800. The van der Waals surface area contributed by atoms with Crippen molar-refractivity contribution < 1.29 is 9.53 Å². The van der Waals surface area contributed by atoms with Crippen LogP contribution in [0.15, 0.2) is 22.7 Å². The molecule has 0 aromatic heterocycles. The smallest absolute Gasteiger partial charge is 0.325 e. The fraction of sp³-hybridized carbons (Fsp3) is 0.333. The number of nitrogens with zero attached hydrogens (tertiary/aromatic N) is 2. The van der Waals surface area contributed by atoms with Gasteiger partial charge in [-0.2, -0.15) is 5.26 Å². The molecule has 0 fully saturated rings. The van der Waals surface area contributed by atoms with Crippen molar-refractivity contribution in [3.63, 3.8) is 0 Å². The van der Waals surface area contributed by atoms with E-state index in [1.165, 1.54) is 0 Å². The van der Waals surface area contributed by atoms with Crippen molar-refractivity contribution in [3.8, 4) is 6.07 Å². The zero-order chi connectivity index (χ0) is 12.8. The summed E-state index contributed by atoms with van der Waals surface area (Å²) in [6, 6.07) is 7.44. The van der Waals surface area contributed by atoms with Gasteiger partial charge in [-0.05, 0) is 25.1 Å². The Bertz CT molecular complexity index is 454. The molecule has 4 nitrogen and oxygen atoms in total. The number of benzene rings is 1. The molecule has 5 heteroatoms. The zero-order valence-electron chi connectivity index (χ0n) is 9.74. The van der Waals surface area contributed by atoms with Crippen LogP contribution in [0.1, 0.15) is 12.5 Å². The lowest BCUT2D eigenvalue weighted by Crippen LogP contribution is -2.27. The van der Waals surface area contributed by atoms with E-state index in [9.17, 15) is 4.79 Å². The molecular weight excluding hydrogens is 284 g/mol. The van der Waals surface area contributed by atoms with Gasteiger partial charge >= 0.3 is 5.97 Å². The Morgan fingerprint density at radius 1 is 1.59 bits per heavy atom. The molecule has 0 aliphatic heterocycles. The van der Waals surface area contributed by atoms with E-state index in [0.29, 0.717) is 17.9 Å². The van der Waals surface area contributed by atoms with Crippen LogP contribution in [0.2, 0.25) is 0 Å². The molecule has 90 valence electrons. The molecule has 0 radical (unpaired) electrons. The molecule has 17 heavy (non-hydrogen) atoms. The summed E-state index contributed by atoms with van der Waals surface area (Å²) < 4.78 is 5.69. The van der Waals surface area contributed by atoms with Crippen molar-refractivity contribution >= 4 is 27.6 Å². The second-order valence-corrected chi connectivity index (χ2v) is 4.35. The molecule has 0 spiro atoms. The van der Waals surface area contributed by atoms with Gasteiger partial charge in [0.2, 0.25) is 0 Å². The first kappa shape index (κ1) is 13.5. The molecule has 1 rings (SSSR count). The van der Waals surface area contributed by atoms with Crippen molar-refractivity contribution in [2.24, 2.45) is 0 Å². The number of rotatable bonds is 4. The molecular formula is C12H13BrN2O2. The van der Waals surface area contributed by atoms with Gasteiger partial charge in [0.15, 0.2) is 0 Å². The highest BCUT2D eigenvalue weighted by Crippen LogP contribution is 2.22. The number of esters is 1. The van der Waals surface area contributed by atoms with E-state index >= 15 is 0 Å². The van der Waals surface area contributed by atoms with E-state index in [1.807, 2.05) is 6.07 Å². The normalized spacial score (nSPS) is 9.53. The lowest BCUT2D eigenvalue weighted by molar-refractivity contribution is -0.141. The minimum absolute atomic E-state index is 0.129. The lowest BCUT2D eigenvalue weighted by Gasteiger charge is -2.19. The fourth-order valence-electron chi connectivity index (χ4n) is 1.42. The van der Waals surface area contributed by atoms with Crippen LogP contribution in [0.3, 0.4) is 0 Å². The molecule has 0 atom stereocenters. The van der Waals surface area contributed by atoms with E-state index < -0.39 is 0 Å². The Kier molecular flexibility index (Phi) is 4.98.